The van der Waals surface area contributed by atoms with E-state index in [4.69, 9.17) is 5.11 Å². The Morgan fingerprint density at radius 1 is 1.05 bits per heavy atom. The van der Waals surface area contributed by atoms with Gasteiger partial charge in [0.2, 0.25) is 0 Å². The molecule has 0 heterocycles. The lowest BCUT2D eigenvalue weighted by molar-refractivity contribution is 0.0698. The molecule has 0 aliphatic rings. The van der Waals surface area contributed by atoms with Crippen LogP contribution in [-0.2, 0) is 0 Å². The zero-order chi connectivity index (χ0) is 15.6. The molecule has 0 fully saturated rings. The van der Waals surface area contributed by atoms with E-state index in [-0.39, 0.29) is 16.8 Å². The van der Waals surface area contributed by atoms with Crippen LogP contribution in [0.1, 0.15) is 20.7 Å². The van der Waals surface area contributed by atoms with Crippen LogP contribution in [0, 0.1) is 5.82 Å². The number of carboxylic acids is 1. The highest BCUT2D eigenvalue weighted by molar-refractivity contribution is 9.11. The number of halogens is 3. The van der Waals surface area contributed by atoms with Gasteiger partial charge in [0.05, 0.1) is 16.8 Å². The molecule has 2 aromatic rings. The molecule has 0 radical (unpaired) electrons. The minimum Gasteiger partial charge on any atom is -0.478 e. The van der Waals surface area contributed by atoms with E-state index in [9.17, 15) is 14.0 Å². The SMILES string of the molecule is O=C(Nc1c(Br)cccc1C(=O)O)c1cc(F)ccc1Br. The smallest absolute Gasteiger partial charge is 0.337 e. The molecule has 2 aromatic carbocycles. The molecule has 0 spiro atoms. The Morgan fingerprint density at radius 3 is 2.43 bits per heavy atom. The summed E-state index contributed by atoms with van der Waals surface area (Å²) in [7, 11) is 0. The predicted molar refractivity (Wildman–Crippen MR) is 83.2 cm³/mol. The molecule has 0 saturated carbocycles. The molecule has 0 aliphatic heterocycles. The van der Waals surface area contributed by atoms with Crippen LogP contribution in [-0.4, -0.2) is 17.0 Å². The number of aromatic carboxylic acids is 1. The van der Waals surface area contributed by atoms with Gasteiger partial charge in [0, 0.05) is 8.95 Å². The average molecular weight is 417 g/mol. The molecule has 21 heavy (non-hydrogen) atoms. The fourth-order valence-electron chi connectivity index (χ4n) is 1.68. The fourth-order valence-corrected chi connectivity index (χ4v) is 2.57. The number of hydrogen-bond donors (Lipinski definition) is 2. The summed E-state index contributed by atoms with van der Waals surface area (Å²) in [6, 6.07) is 8.19. The number of rotatable bonds is 3. The monoisotopic (exact) mass is 415 g/mol. The van der Waals surface area contributed by atoms with E-state index >= 15 is 0 Å². The standard InChI is InChI=1S/C14H8Br2FNO3/c15-10-5-4-7(17)6-9(10)13(19)18-12-8(14(20)21)2-1-3-11(12)16/h1-6H,(H,18,19)(H,20,21). The minimum absolute atomic E-state index is 0.0646. The first kappa shape index (κ1) is 15.7. The molecule has 0 aromatic heterocycles. The van der Waals surface area contributed by atoms with Crippen molar-refractivity contribution in [1.29, 1.82) is 0 Å². The third kappa shape index (κ3) is 3.48. The van der Waals surface area contributed by atoms with E-state index in [0.717, 1.165) is 6.07 Å². The number of hydrogen-bond acceptors (Lipinski definition) is 2. The van der Waals surface area contributed by atoms with Crippen molar-refractivity contribution in [3.05, 3.63) is 62.3 Å². The summed E-state index contributed by atoms with van der Waals surface area (Å²) in [5, 5.41) is 11.6. The Hall–Kier alpha value is -1.73. The molecule has 0 unspecified atom stereocenters. The van der Waals surface area contributed by atoms with Crippen molar-refractivity contribution in [1.82, 2.24) is 0 Å². The highest BCUT2D eigenvalue weighted by Crippen LogP contribution is 2.28. The van der Waals surface area contributed by atoms with Crippen molar-refractivity contribution in [2.45, 2.75) is 0 Å². The van der Waals surface area contributed by atoms with Crippen molar-refractivity contribution in [3.8, 4) is 0 Å². The van der Waals surface area contributed by atoms with Gasteiger partial charge in [-0.15, -0.1) is 0 Å². The fraction of sp³-hybridized carbons (Fsp3) is 0. The lowest BCUT2D eigenvalue weighted by atomic mass is 10.1. The minimum atomic E-state index is -1.18. The Kier molecular flexibility index (Phi) is 4.74. The average Bonchev–Trinajstić information content (AvgIpc) is 2.43. The highest BCUT2D eigenvalue weighted by Gasteiger charge is 2.18. The number of carbonyl (C=O) groups is 2. The van der Waals surface area contributed by atoms with Crippen molar-refractivity contribution < 1.29 is 19.1 Å². The van der Waals surface area contributed by atoms with E-state index in [2.05, 4.69) is 37.2 Å². The van der Waals surface area contributed by atoms with Gasteiger partial charge in [0.25, 0.3) is 5.91 Å². The van der Waals surface area contributed by atoms with Gasteiger partial charge in [-0.2, -0.15) is 0 Å². The molecule has 0 atom stereocenters. The summed E-state index contributed by atoms with van der Waals surface area (Å²) in [6.07, 6.45) is 0. The van der Waals surface area contributed by atoms with Crippen molar-refractivity contribution in [3.63, 3.8) is 0 Å². The highest BCUT2D eigenvalue weighted by atomic mass is 79.9. The number of benzene rings is 2. The second-order valence-corrected chi connectivity index (χ2v) is 5.75. The molecular formula is C14H8Br2FNO3. The van der Waals surface area contributed by atoms with Gasteiger partial charge in [0.1, 0.15) is 5.82 Å². The van der Waals surface area contributed by atoms with E-state index < -0.39 is 17.7 Å². The molecule has 2 rings (SSSR count). The van der Waals surface area contributed by atoms with Gasteiger partial charge < -0.3 is 10.4 Å². The molecule has 108 valence electrons. The van der Waals surface area contributed by atoms with E-state index in [1.807, 2.05) is 0 Å². The Labute approximate surface area is 136 Å². The normalized spacial score (nSPS) is 10.2. The number of carboxylic acid groups (broad SMARTS) is 1. The Balaban J connectivity index is 2.41. The van der Waals surface area contributed by atoms with Crippen LogP contribution >= 0.6 is 31.9 Å². The van der Waals surface area contributed by atoms with E-state index in [1.54, 1.807) is 12.1 Å². The summed E-state index contributed by atoms with van der Waals surface area (Å²) < 4.78 is 14.1. The van der Waals surface area contributed by atoms with Crippen molar-refractivity contribution >= 4 is 49.4 Å². The molecule has 0 saturated heterocycles. The maximum Gasteiger partial charge on any atom is 0.337 e. The quantitative estimate of drug-likeness (QED) is 0.783. The number of para-hydroxylation sites is 1. The number of anilines is 1. The van der Waals surface area contributed by atoms with Gasteiger partial charge in [-0.3, -0.25) is 4.79 Å². The lowest BCUT2D eigenvalue weighted by Crippen LogP contribution is -2.16. The molecule has 2 N–H and O–H groups in total. The van der Waals surface area contributed by atoms with Crippen LogP contribution in [0.2, 0.25) is 0 Å². The summed E-state index contributed by atoms with van der Waals surface area (Å²) in [5.74, 6) is -2.35. The summed E-state index contributed by atoms with van der Waals surface area (Å²) in [5.41, 5.74) is 0.124. The molecular weight excluding hydrogens is 409 g/mol. The zero-order valence-corrected chi connectivity index (χ0v) is 13.5. The first-order valence-corrected chi connectivity index (χ1v) is 7.27. The van der Waals surface area contributed by atoms with Crippen LogP contribution in [0.25, 0.3) is 0 Å². The first-order chi connectivity index (χ1) is 9.90. The Morgan fingerprint density at radius 2 is 1.76 bits per heavy atom. The first-order valence-electron chi connectivity index (χ1n) is 5.68. The summed E-state index contributed by atoms with van der Waals surface area (Å²) in [6.45, 7) is 0. The summed E-state index contributed by atoms with van der Waals surface area (Å²) in [4.78, 5) is 23.4. The topological polar surface area (TPSA) is 66.4 Å². The largest absolute Gasteiger partial charge is 0.478 e. The third-order valence-corrected chi connectivity index (χ3v) is 4.01. The Bertz CT molecular complexity index is 734. The van der Waals surface area contributed by atoms with Gasteiger partial charge in [-0.1, -0.05) is 6.07 Å². The van der Waals surface area contributed by atoms with Gasteiger partial charge >= 0.3 is 5.97 Å². The van der Waals surface area contributed by atoms with Crippen LogP contribution in [0.5, 0.6) is 0 Å². The van der Waals surface area contributed by atoms with E-state index in [1.165, 1.54) is 18.2 Å². The molecule has 7 heteroatoms. The van der Waals surface area contributed by atoms with Crippen LogP contribution in [0.3, 0.4) is 0 Å². The maximum absolute atomic E-state index is 13.2. The maximum atomic E-state index is 13.2. The predicted octanol–water partition coefficient (Wildman–Crippen LogP) is 4.30. The molecule has 0 bridgehead atoms. The molecule has 4 nitrogen and oxygen atoms in total. The van der Waals surface area contributed by atoms with Crippen LogP contribution in [0.4, 0.5) is 10.1 Å². The van der Waals surface area contributed by atoms with Gasteiger partial charge in [-0.25, -0.2) is 9.18 Å². The number of nitrogens with one attached hydrogen (secondary N) is 1. The number of carbonyl (C=O) groups excluding carboxylic acids is 1. The van der Waals surface area contributed by atoms with Crippen LogP contribution in [0.15, 0.2) is 45.3 Å². The van der Waals surface area contributed by atoms with Crippen LogP contribution < -0.4 is 5.32 Å². The second-order valence-electron chi connectivity index (χ2n) is 4.05. The third-order valence-electron chi connectivity index (χ3n) is 2.66. The van der Waals surface area contributed by atoms with Crippen molar-refractivity contribution in [2.24, 2.45) is 0 Å². The van der Waals surface area contributed by atoms with E-state index in [0.29, 0.717) is 8.95 Å². The summed E-state index contributed by atoms with van der Waals surface area (Å²) >= 11 is 6.34. The molecule has 0 aliphatic carbocycles. The second kappa shape index (κ2) is 6.36. The molecule has 1 amide bonds. The lowest BCUT2D eigenvalue weighted by Gasteiger charge is -2.11. The zero-order valence-electron chi connectivity index (χ0n) is 10.4. The van der Waals surface area contributed by atoms with Crippen molar-refractivity contribution in [2.75, 3.05) is 5.32 Å². The van der Waals surface area contributed by atoms with Gasteiger partial charge in [0.15, 0.2) is 0 Å². The number of amides is 1. The van der Waals surface area contributed by atoms with Gasteiger partial charge in [-0.05, 0) is 62.2 Å².